The van der Waals surface area contributed by atoms with Crippen LogP contribution in [0.2, 0.25) is 0 Å². The smallest absolute Gasteiger partial charge is 0.242 e. The van der Waals surface area contributed by atoms with Crippen molar-refractivity contribution in [2.45, 2.75) is 11.4 Å². The number of piperazine rings is 1. The van der Waals surface area contributed by atoms with Crippen LogP contribution in [0.5, 0.6) is 5.75 Å². The molecule has 1 fully saturated rings. The van der Waals surface area contributed by atoms with Crippen molar-refractivity contribution in [3.63, 3.8) is 0 Å². The highest BCUT2D eigenvalue weighted by Crippen LogP contribution is 2.21. The molecule has 0 bridgehead atoms. The van der Waals surface area contributed by atoms with Gasteiger partial charge in [-0.25, -0.2) is 12.7 Å². The van der Waals surface area contributed by atoms with Crippen molar-refractivity contribution in [2.75, 3.05) is 45.2 Å². The Kier molecular flexibility index (Phi) is 5.50. The quantitative estimate of drug-likeness (QED) is 0.866. The molecular weight excluding hydrogens is 350 g/mol. The average molecular weight is 375 g/mol. The van der Waals surface area contributed by atoms with Gasteiger partial charge in [0.2, 0.25) is 10.0 Å². The molecule has 0 amide bonds. The Morgan fingerprint density at radius 1 is 1.00 bits per heavy atom. The molecule has 2 aromatic carbocycles. The molecule has 0 aliphatic carbocycles. The Labute approximate surface area is 155 Å². The lowest BCUT2D eigenvalue weighted by molar-refractivity contribution is 0.249. The number of phenolic OH excluding ortho intramolecular Hbond substituents is 1. The van der Waals surface area contributed by atoms with Crippen LogP contribution in [0.3, 0.4) is 0 Å². The molecule has 0 atom stereocenters. The van der Waals surface area contributed by atoms with Gasteiger partial charge in [0.25, 0.3) is 0 Å². The number of sulfonamides is 1. The van der Waals surface area contributed by atoms with Crippen LogP contribution in [0.15, 0.2) is 53.4 Å². The first-order valence-corrected chi connectivity index (χ1v) is 10.1. The van der Waals surface area contributed by atoms with Crippen molar-refractivity contribution in [2.24, 2.45) is 0 Å². The number of hydrogen-bond acceptors (Lipinski definition) is 5. The first-order chi connectivity index (χ1) is 12.4. The van der Waals surface area contributed by atoms with Gasteiger partial charge in [-0.05, 0) is 42.0 Å². The fraction of sp³-hybridized carbons (Fsp3) is 0.368. The van der Waals surface area contributed by atoms with Gasteiger partial charge in [-0.3, -0.25) is 4.90 Å². The van der Waals surface area contributed by atoms with E-state index in [1.807, 2.05) is 18.2 Å². The summed E-state index contributed by atoms with van der Waals surface area (Å²) in [5.41, 5.74) is 2.12. The molecule has 0 radical (unpaired) electrons. The van der Waals surface area contributed by atoms with Gasteiger partial charge < -0.3 is 10.0 Å². The predicted octanol–water partition coefficient (Wildman–Crippen LogP) is 1.96. The molecule has 1 aliphatic rings. The van der Waals surface area contributed by atoms with Gasteiger partial charge in [0, 0.05) is 52.5 Å². The van der Waals surface area contributed by atoms with Gasteiger partial charge in [-0.15, -0.1) is 0 Å². The second-order valence-corrected chi connectivity index (χ2v) is 8.87. The maximum atomic E-state index is 12.3. The molecule has 26 heavy (non-hydrogen) atoms. The standard InChI is InChI=1S/C19H25N3O3S/c1-20(2)26(24,25)19-5-3-4-16(14-19)15-21-10-12-22(13-11-21)17-6-8-18(23)9-7-17/h3-9,14,23H,10-13,15H2,1-2H3. The fourth-order valence-electron chi connectivity index (χ4n) is 3.10. The third kappa shape index (κ3) is 4.17. The predicted molar refractivity (Wildman–Crippen MR) is 103 cm³/mol. The molecule has 0 spiro atoms. The summed E-state index contributed by atoms with van der Waals surface area (Å²) < 4.78 is 25.8. The van der Waals surface area contributed by atoms with Gasteiger partial charge in [0.1, 0.15) is 5.75 Å². The maximum Gasteiger partial charge on any atom is 0.242 e. The highest BCUT2D eigenvalue weighted by Gasteiger charge is 2.20. The Bertz CT molecular complexity index is 843. The number of hydrogen-bond donors (Lipinski definition) is 1. The average Bonchev–Trinajstić information content (AvgIpc) is 2.63. The van der Waals surface area contributed by atoms with Gasteiger partial charge in [0.15, 0.2) is 0 Å². The number of nitrogens with zero attached hydrogens (tertiary/aromatic N) is 3. The van der Waals surface area contributed by atoms with Crippen LogP contribution in [0, 0.1) is 0 Å². The van der Waals surface area contributed by atoms with E-state index in [1.165, 1.54) is 4.31 Å². The van der Waals surface area contributed by atoms with Crippen LogP contribution >= 0.6 is 0 Å². The topological polar surface area (TPSA) is 64.1 Å². The van der Waals surface area contributed by atoms with E-state index in [9.17, 15) is 13.5 Å². The van der Waals surface area contributed by atoms with Crippen LogP contribution in [-0.2, 0) is 16.6 Å². The highest BCUT2D eigenvalue weighted by molar-refractivity contribution is 7.89. The number of benzene rings is 2. The van der Waals surface area contributed by atoms with Gasteiger partial charge >= 0.3 is 0 Å². The lowest BCUT2D eigenvalue weighted by Crippen LogP contribution is -2.45. The molecule has 6 nitrogen and oxygen atoms in total. The number of phenols is 1. The van der Waals surface area contributed by atoms with Crippen molar-refractivity contribution < 1.29 is 13.5 Å². The van der Waals surface area contributed by atoms with Gasteiger partial charge in [-0.1, -0.05) is 12.1 Å². The zero-order valence-electron chi connectivity index (χ0n) is 15.2. The maximum absolute atomic E-state index is 12.3. The van der Waals surface area contributed by atoms with Gasteiger partial charge in [0.05, 0.1) is 4.90 Å². The summed E-state index contributed by atoms with van der Waals surface area (Å²) in [5, 5.41) is 9.40. The SMILES string of the molecule is CN(C)S(=O)(=O)c1cccc(CN2CCN(c3ccc(O)cc3)CC2)c1. The minimum absolute atomic E-state index is 0.278. The first kappa shape index (κ1) is 18.7. The Balaban J connectivity index is 1.62. The summed E-state index contributed by atoms with van der Waals surface area (Å²) >= 11 is 0. The first-order valence-electron chi connectivity index (χ1n) is 8.64. The summed E-state index contributed by atoms with van der Waals surface area (Å²) in [5.74, 6) is 0.278. The Morgan fingerprint density at radius 3 is 2.27 bits per heavy atom. The number of anilines is 1. The highest BCUT2D eigenvalue weighted by atomic mass is 32.2. The molecule has 0 aromatic heterocycles. The van der Waals surface area contributed by atoms with E-state index in [0.717, 1.165) is 44.0 Å². The molecule has 0 saturated carbocycles. The zero-order valence-corrected chi connectivity index (χ0v) is 16.0. The van der Waals surface area contributed by atoms with Crippen LogP contribution in [0.1, 0.15) is 5.56 Å². The van der Waals surface area contributed by atoms with E-state index < -0.39 is 10.0 Å². The molecule has 7 heteroatoms. The summed E-state index contributed by atoms with van der Waals surface area (Å²) in [4.78, 5) is 4.96. The van der Waals surface area contributed by atoms with Crippen LogP contribution in [-0.4, -0.2) is 63.0 Å². The van der Waals surface area contributed by atoms with Crippen LogP contribution in [0.25, 0.3) is 0 Å². The number of rotatable bonds is 5. The van der Waals surface area contributed by atoms with E-state index >= 15 is 0 Å². The van der Waals surface area contributed by atoms with Crippen molar-refractivity contribution in [3.8, 4) is 5.75 Å². The molecule has 1 aliphatic heterocycles. The Hall–Kier alpha value is -2.09. The zero-order chi connectivity index (χ0) is 18.7. The molecule has 2 aromatic rings. The monoisotopic (exact) mass is 375 g/mol. The molecule has 1 heterocycles. The van der Waals surface area contributed by atoms with Crippen LogP contribution in [0.4, 0.5) is 5.69 Å². The summed E-state index contributed by atoms with van der Waals surface area (Å²) in [6.07, 6.45) is 0. The summed E-state index contributed by atoms with van der Waals surface area (Å²) in [7, 11) is -0.310. The molecule has 1 saturated heterocycles. The fourth-order valence-corrected chi connectivity index (χ4v) is 4.07. The summed E-state index contributed by atoms with van der Waals surface area (Å²) in [6.45, 7) is 4.36. The minimum Gasteiger partial charge on any atom is -0.508 e. The molecule has 0 unspecified atom stereocenters. The molecule has 140 valence electrons. The molecular formula is C19H25N3O3S. The normalized spacial score (nSPS) is 16.2. The third-order valence-corrected chi connectivity index (χ3v) is 6.48. The van der Waals surface area contributed by atoms with E-state index in [2.05, 4.69) is 9.80 Å². The van der Waals surface area contributed by atoms with Crippen molar-refractivity contribution >= 4 is 15.7 Å². The Morgan fingerprint density at radius 2 is 1.65 bits per heavy atom. The van der Waals surface area contributed by atoms with E-state index in [4.69, 9.17) is 0 Å². The third-order valence-electron chi connectivity index (χ3n) is 4.67. The van der Waals surface area contributed by atoms with Crippen LogP contribution < -0.4 is 4.90 Å². The van der Waals surface area contributed by atoms with Crippen molar-refractivity contribution in [1.29, 1.82) is 0 Å². The largest absolute Gasteiger partial charge is 0.508 e. The van der Waals surface area contributed by atoms with Gasteiger partial charge in [-0.2, -0.15) is 0 Å². The second-order valence-electron chi connectivity index (χ2n) is 6.71. The second kappa shape index (κ2) is 7.65. The van der Waals surface area contributed by atoms with E-state index in [0.29, 0.717) is 4.90 Å². The molecule has 1 N–H and O–H groups in total. The summed E-state index contributed by atoms with van der Waals surface area (Å²) in [6, 6.07) is 14.5. The van der Waals surface area contributed by atoms with E-state index in [-0.39, 0.29) is 5.75 Å². The lowest BCUT2D eigenvalue weighted by atomic mass is 10.2. The number of aromatic hydroxyl groups is 1. The van der Waals surface area contributed by atoms with Crippen molar-refractivity contribution in [1.82, 2.24) is 9.21 Å². The minimum atomic E-state index is -3.40. The lowest BCUT2D eigenvalue weighted by Gasteiger charge is -2.36. The van der Waals surface area contributed by atoms with Crippen molar-refractivity contribution in [3.05, 3.63) is 54.1 Å². The molecule has 3 rings (SSSR count). The van der Waals surface area contributed by atoms with E-state index in [1.54, 1.807) is 44.4 Å².